The van der Waals surface area contributed by atoms with Gasteiger partial charge in [0, 0.05) is 18.2 Å². The molecule has 0 saturated heterocycles. The largest absolute Gasteiger partial charge is 0.504 e. The Morgan fingerprint density at radius 3 is 2.81 bits per heavy atom. The summed E-state index contributed by atoms with van der Waals surface area (Å²) in [5, 5.41) is 13.3. The van der Waals surface area contributed by atoms with Gasteiger partial charge in [-0.1, -0.05) is 24.3 Å². The van der Waals surface area contributed by atoms with Crippen molar-refractivity contribution in [3.63, 3.8) is 0 Å². The highest BCUT2D eigenvalue weighted by atomic mass is 16.5. The Labute approximate surface area is 95.7 Å². The zero-order valence-corrected chi connectivity index (χ0v) is 9.44. The van der Waals surface area contributed by atoms with Gasteiger partial charge in [0.1, 0.15) is 0 Å². The van der Waals surface area contributed by atoms with Gasteiger partial charge in [-0.25, -0.2) is 0 Å². The van der Waals surface area contributed by atoms with E-state index in [1.54, 1.807) is 13.2 Å². The molecular weight excluding hydrogens is 202 g/mol. The quantitative estimate of drug-likeness (QED) is 0.763. The van der Waals surface area contributed by atoms with Gasteiger partial charge in [0.25, 0.3) is 0 Å². The number of nitrogens with one attached hydrogen (secondary N) is 1. The topological polar surface area (TPSA) is 41.5 Å². The molecule has 0 fully saturated rings. The van der Waals surface area contributed by atoms with Gasteiger partial charge in [-0.3, -0.25) is 0 Å². The predicted molar refractivity (Wildman–Crippen MR) is 63.7 cm³/mol. The van der Waals surface area contributed by atoms with Gasteiger partial charge in [0.05, 0.1) is 7.11 Å². The summed E-state index contributed by atoms with van der Waals surface area (Å²) in [7, 11) is 1.56. The number of phenolic OH excluding ortho intramolecular Hbond substituents is 1. The number of benzene rings is 1. The minimum Gasteiger partial charge on any atom is -0.504 e. The number of para-hydroxylation sites is 1. The van der Waals surface area contributed by atoms with Gasteiger partial charge in [-0.2, -0.15) is 0 Å². The molecule has 1 aliphatic rings. The van der Waals surface area contributed by atoms with Crippen molar-refractivity contribution in [2.75, 3.05) is 7.11 Å². The molecule has 2 N–H and O–H groups in total. The molecule has 0 aromatic heterocycles. The van der Waals surface area contributed by atoms with Gasteiger partial charge in [-0.05, 0) is 18.9 Å². The summed E-state index contributed by atoms with van der Waals surface area (Å²) < 4.78 is 5.07. The lowest BCUT2D eigenvalue weighted by atomic mass is 10.1. The van der Waals surface area contributed by atoms with E-state index >= 15 is 0 Å². The molecule has 3 heteroatoms. The highest BCUT2D eigenvalue weighted by molar-refractivity contribution is 5.45. The van der Waals surface area contributed by atoms with Crippen LogP contribution in [0.5, 0.6) is 11.5 Å². The second-order valence-corrected chi connectivity index (χ2v) is 3.99. The van der Waals surface area contributed by atoms with E-state index in [-0.39, 0.29) is 5.75 Å². The summed E-state index contributed by atoms with van der Waals surface area (Å²) in [5.74, 6) is 0.771. The molecule has 16 heavy (non-hydrogen) atoms. The van der Waals surface area contributed by atoms with Crippen LogP contribution >= 0.6 is 0 Å². The fourth-order valence-electron chi connectivity index (χ4n) is 1.91. The van der Waals surface area contributed by atoms with Crippen molar-refractivity contribution in [1.29, 1.82) is 0 Å². The zero-order chi connectivity index (χ0) is 11.4. The minimum atomic E-state index is 0.239. The van der Waals surface area contributed by atoms with Crippen molar-refractivity contribution in [2.45, 2.75) is 25.4 Å². The van der Waals surface area contributed by atoms with Gasteiger partial charge in [-0.15, -0.1) is 0 Å². The Bertz CT molecular complexity index is 380. The smallest absolute Gasteiger partial charge is 0.162 e. The van der Waals surface area contributed by atoms with Crippen LogP contribution in [0.1, 0.15) is 18.4 Å². The fraction of sp³-hybridized carbons (Fsp3) is 0.385. The molecule has 1 aromatic rings. The van der Waals surface area contributed by atoms with Crippen LogP contribution in [0.3, 0.4) is 0 Å². The molecule has 0 spiro atoms. The maximum Gasteiger partial charge on any atom is 0.162 e. The molecule has 2 rings (SSSR count). The molecular formula is C13H17NO2. The average molecular weight is 219 g/mol. The van der Waals surface area contributed by atoms with Crippen LogP contribution in [0.2, 0.25) is 0 Å². The summed E-state index contributed by atoms with van der Waals surface area (Å²) in [5.41, 5.74) is 0.881. The monoisotopic (exact) mass is 219 g/mol. The number of hydrogen-bond acceptors (Lipinski definition) is 3. The van der Waals surface area contributed by atoms with Crippen LogP contribution in [0.4, 0.5) is 0 Å². The molecule has 1 aliphatic carbocycles. The summed E-state index contributed by atoms with van der Waals surface area (Å²) in [4.78, 5) is 0. The van der Waals surface area contributed by atoms with Crippen LogP contribution in [-0.4, -0.2) is 18.3 Å². The number of phenols is 1. The Kier molecular flexibility index (Phi) is 3.47. The number of methoxy groups -OCH3 is 1. The highest BCUT2D eigenvalue weighted by Crippen LogP contribution is 2.29. The molecule has 0 amide bonds. The first-order valence-corrected chi connectivity index (χ1v) is 5.54. The lowest BCUT2D eigenvalue weighted by molar-refractivity contribution is 0.368. The minimum absolute atomic E-state index is 0.239. The third kappa shape index (κ3) is 2.36. The molecule has 0 aliphatic heterocycles. The SMILES string of the molecule is COc1cccc(CNC2CC=CC2)c1O. The van der Waals surface area contributed by atoms with Gasteiger partial charge in [0.15, 0.2) is 11.5 Å². The highest BCUT2D eigenvalue weighted by Gasteiger charge is 2.11. The average Bonchev–Trinajstić information content (AvgIpc) is 2.81. The fourth-order valence-corrected chi connectivity index (χ4v) is 1.91. The van der Waals surface area contributed by atoms with E-state index in [0.29, 0.717) is 18.3 Å². The van der Waals surface area contributed by atoms with Crippen LogP contribution in [0, 0.1) is 0 Å². The second-order valence-electron chi connectivity index (χ2n) is 3.99. The normalized spacial score (nSPS) is 15.6. The van der Waals surface area contributed by atoms with E-state index in [1.807, 2.05) is 12.1 Å². The summed E-state index contributed by atoms with van der Waals surface area (Å²) in [6, 6.07) is 6.07. The first-order valence-electron chi connectivity index (χ1n) is 5.54. The van der Waals surface area contributed by atoms with Crippen LogP contribution in [0.25, 0.3) is 0 Å². The molecule has 3 nitrogen and oxygen atoms in total. The van der Waals surface area contributed by atoms with E-state index < -0.39 is 0 Å². The van der Waals surface area contributed by atoms with E-state index in [2.05, 4.69) is 17.5 Å². The maximum atomic E-state index is 9.88. The van der Waals surface area contributed by atoms with E-state index in [4.69, 9.17) is 4.74 Å². The van der Waals surface area contributed by atoms with Crippen LogP contribution < -0.4 is 10.1 Å². The van der Waals surface area contributed by atoms with Gasteiger partial charge >= 0.3 is 0 Å². The van der Waals surface area contributed by atoms with Gasteiger partial charge < -0.3 is 15.2 Å². The summed E-state index contributed by atoms with van der Waals surface area (Å²) >= 11 is 0. The Balaban J connectivity index is 1.98. The summed E-state index contributed by atoms with van der Waals surface area (Å²) in [6.07, 6.45) is 6.52. The number of rotatable bonds is 4. The Morgan fingerprint density at radius 1 is 1.38 bits per heavy atom. The van der Waals surface area contributed by atoms with Crippen LogP contribution in [-0.2, 0) is 6.54 Å². The van der Waals surface area contributed by atoms with Crippen molar-refractivity contribution in [3.8, 4) is 11.5 Å². The maximum absolute atomic E-state index is 9.88. The van der Waals surface area contributed by atoms with E-state index in [9.17, 15) is 5.11 Å². The molecule has 0 bridgehead atoms. The van der Waals surface area contributed by atoms with Crippen molar-refractivity contribution < 1.29 is 9.84 Å². The molecule has 86 valence electrons. The van der Waals surface area contributed by atoms with Crippen molar-refractivity contribution >= 4 is 0 Å². The third-order valence-corrected chi connectivity index (χ3v) is 2.89. The van der Waals surface area contributed by atoms with Crippen LogP contribution in [0.15, 0.2) is 30.4 Å². The molecule has 0 unspecified atom stereocenters. The number of ether oxygens (including phenoxy) is 1. The predicted octanol–water partition coefficient (Wildman–Crippen LogP) is 2.21. The third-order valence-electron chi connectivity index (χ3n) is 2.89. The molecule has 0 radical (unpaired) electrons. The van der Waals surface area contributed by atoms with Gasteiger partial charge in [0.2, 0.25) is 0 Å². The van der Waals surface area contributed by atoms with Crippen molar-refractivity contribution in [3.05, 3.63) is 35.9 Å². The molecule has 0 atom stereocenters. The lowest BCUT2D eigenvalue weighted by Crippen LogP contribution is -2.25. The van der Waals surface area contributed by atoms with Crippen molar-refractivity contribution in [1.82, 2.24) is 5.32 Å². The van der Waals surface area contributed by atoms with E-state index in [0.717, 1.165) is 18.4 Å². The van der Waals surface area contributed by atoms with E-state index in [1.165, 1.54) is 0 Å². The lowest BCUT2D eigenvalue weighted by Gasteiger charge is -2.13. The first kappa shape index (κ1) is 11.0. The zero-order valence-electron chi connectivity index (χ0n) is 9.44. The Hall–Kier alpha value is -1.48. The Morgan fingerprint density at radius 2 is 2.12 bits per heavy atom. The molecule has 0 saturated carbocycles. The first-order chi connectivity index (χ1) is 7.81. The second kappa shape index (κ2) is 5.03. The van der Waals surface area contributed by atoms with Crippen molar-refractivity contribution in [2.24, 2.45) is 0 Å². The standard InChI is InChI=1S/C13H17NO2/c1-16-12-8-4-5-10(13(12)15)9-14-11-6-2-3-7-11/h2-5,8,11,14-15H,6-7,9H2,1H3. The summed E-state index contributed by atoms with van der Waals surface area (Å²) in [6.45, 7) is 0.676. The number of hydrogen-bond donors (Lipinski definition) is 2. The molecule has 1 aromatic carbocycles. The number of aromatic hydroxyl groups is 1. The molecule has 0 heterocycles.